The number of ether oxygens (including phenoxy) is 2. The first kappa shape index (κ1) is 24.5. The number of hydrogen-bond donors (Lipinski definition) is 0. The SMILES string of the molecule is CCOCc1ccc(C2CCC(OCc3ccc(-c4ccc(C)cc4)c(F)c3F)CC2)c(F)c1. The highest BCUT2D eigenvalue weighted by molar-refractivity contribution is 5.65. The highest BCUT2D eigenvalue weighted by Crippen LogP contribution is 2.36. The Morgan fingerprint density at radius 1 is 0.824 bits per heavy atom. The molecule has 0 unspecified atom stereocenters. The number of halogens is 3. The van der Waals surface area contributed by atoms with E-state index in [-0.39, 0.29) is 35.6 Å². The van der Waals surface area contributed by atoms with Crippen molar-refractivity contribution in [2.75, 3.05) is 6.61 Å². The quantitative estimate of drug-likeness (QED) is 0.335. The fraction of sp³-hybridized carbons (Fsp3) is 0.379. The molecule has 0 heterocycles. The van der Waals surface area contributed by atoms with Crippen LogP contribution >= 0.6 is 0 Å². The summed E-state index contributed by atoms with van der Waals surface area (Å²) < 4.78 is 55.3. The monoisotopic (exact) mass is 468 g/mol. The minimum atomic E-state index is -0.860. The molecule has 0 aliphatic heterocycles. The summed E-state index contributed by atoms with van der Waals surface area (Å²) in [5.41, 5.74) is 3.74. The van der Waals surface area contributed by atoms with Crippen LogP contribution in [0.4, 0.5) is 13.2 Å². The van der Waals surface area contributed by atoms with E-state index in [1.165, 1.54) is 0 Å². The molecule has 0 spiro atoms. The zero-order valence-electron chi connectivity index (χ0n) is 19.8. The predicted octanol–water partition coefficient (Wildman–Crippen LogP) is 7.86. The van der Waals surface area contributed by atoms with Crippen molar-refractivity contribution in [3.05, 3.63) is 94.3 Å². The van der Waals surface area contributed by atoms with Crippen molar-refractivity contribution in [2.24, 2.45) is 0 Å². The summed E-state index contributed by atoms with van der Waals surface area (Å²) in [7, 11) is 0. The second-order valence-corrected chi connectivity index (χ2v) is 9.04. The van der Waals surface area contributed by atoms with Crippen molar-refractivity contribution in [1.82, 2.24) is 0 Å². The molecule has 0 radical (unpaired) electrons. The van der Waals surface area contributed by atoms with Gasteiger partial charge in [-0.1, -0.05) is 54.1 Å². The molecule has 0 amide bonds. The minimum absolute atomic E-state index is 0.0206. The fourth-order valence-corrected chi connectivity index (χ4v) is 4.62. The van der Waals surface area contributed by atoms with Gasteiger partial charge >= 0.3 is 0 Å². The molecule has 3 aromatic rings. The maximum atomic E-state index is 14.7. The van der Waals surface area contributed by atoms with Crippen LogP contribution in [0.15, 0.2) is 54.6 Å². The van der Waals surface area contributed by atoms with E-state index in [9.17, 15) is 13.2 Å². The second kappa shape index (κ2) is 11.2. The Hall–Kier alpha value is -2.63. The Morgan fingerprint density at radius 3 is 2.24 bits per heavy atom. The Kier molecular flexibility index (Phi) is 8.07. The van der Waals surface area contributed by atoms with Gasteiger partial charge in [-0.15, -0.1) is 0 Å². The lowest BCUT2D eigenvalue weighted by Crippen LogP contribution is -2.21. The van der Waals surface area contributed by atoms with E-state index in [1.807, 2.05) is 38.1 Å². The van der Waals surface area contributed by atoms with E-state index < -0.39 is 11.6 Å². The van der Waals surface area contributed by atoms with Gasteiger partial charge < -0.3 is 9.47 Å². The summed E-state index contributed by atoms with van der Waals surface area (Å²) in [5, 5.41) is 0. The topological polar surface area (TPSA) is 18.5 Å². The molecule has 0 atom stereocenters. The molecule has 0 aromatic heterocycles. The van der Waals surface area contributed by atoms with Crippen molar-refractivity contribution in [1.29, 1.82) is 0 Å². The standard InChI is InChI=1S/C29H31F3O2/c1-3-33-17-20-6-14-25(27(30)16-20)21-9-12-24(13-10-21)34-18-23-11-15-26(29(32)28(23)31)22-7-4-19(2)5-8-22/h4-8,11,14-16,21,24H,3,9-10,12-13,17-18H2,1-2H3. The molecule has 180 valence electrons. The van der Waals surface area contributed by atoms with Gasteiger partial charge in [0.05, 0.1) is 19.3 Å². The lowest BCUT2D eigenvalue weighted by Gasteiger charge is -2.29. The smallest absolute Gasteiger partial charge is 0.167 e. The lowest BCUT2D eigenvalue weighted by molar-refractivity contribution is 0.0117. The van der Waals surface area contributed by atoms with Crippen LogP contribution < -0.4 is 0 Å². The average molecular weight is 469 g/mol. The Labute approximate surface area is 199 Å². The molecule has 0 bridgehead atoms. The van der Waals surface area contributed by atoms with Gasteiger partial charge in [0.15, 0.2) is 11.6 Å². The summed E-state index contributed by atoms with van der Waals surface area (Å²) >= 11 is 0. The molecule has 5 heteroatoms. The number of hydrogen-bond acceptors (Lipinski definition) is 2. The van der Waals surface area contributed by atoms with Crippen molar-refractivity contribution in [2.45, 2.75) is 64.8 Å². The Bertz CT molecular complexity index is 1100. The first-order valence-electron chi connectivity index (χ1n) is 12.0. The van der Waals surface area contributed by atoms with Gasteiger partial charge in [0.25, 0.3) is 0 Å². The van der Waals surface area contributed by atoms with Crippen molar-refractivity contribution >= 4 is 0 Å². The average Bonchev–Trinajstić information content (AvgIpc) is 2.85. The van der Waals surface area contributed by atoms with E-state index >= 15 is 0 Å². The van der Waals surface area contributed by atoms with Gasteiger partial charge in [0.1, 0.15) is 5.82 Å². The van der Waals surface area contributed by atoms with Crippen LogP contribution in [0.3, 0.4) is 0 Å². The van der Waals surface area contributed by atoms with Gasteiger partial charge in [-0.2, -0.15) is 0 Å². The van der Waals surface area contributed by atoms with Gasteiger partial charge in [-0.25, -0.2) is 13.2 Å². The zero-order chi connectivity index (χ0) is 24.1. The van der Waals surface area contributed by atoms with Crippen LogP contribution in [0.25, 0.3) is 11.1 Å². The molecular formula is C29H31F3O2. The van der Waals surface area contributed by atoms with Crippen molar-refractivity contribution in [3.8, 4) is 11.1 Å². The van der Waals surface area contributed by atoms with E-state index in [1.54, 1.807) is 30.3 Å². The lowest BCUT2D eigenvalue weighted by atomic mass is 9.82. The van der Waals surface area contributed by atoms with Gasteiger partial charge in [-0.3, -0.25) is 0 Å². The molecule has 1 fully saturated rings. The fourth-order valence-electron chi connectivity index (χ4n) is 4.62. The summed E-state index contributed by atoms with van der Waals surface area (Å²) in [6, 6.07) is 15.9. The van der Waals surface area contributed by atoms with Crippen molar-refractivity contribution in [3.63, 3.8) is 0 Å². The Balaban J connectivity index is 1.33. The first-order valence-corrected chi connectivity index (χ1v) is 12.0. The maximum absolute atomic E-state index is 14.7. The summed E-state index contributed by atoms with van der Waals surface area (Å²) in [6.45, 7) is 4.90. The normalized spacial score (nSPS) is 18.3. The maximum Gasteiger partial charge on any atom is 0.167 e. The van der Waals surface area contributed by atoms with E-state index in [0.29, 0.717) is 18.8 Å². The van der Waals surface area contributed by atoms with Gasteiger partial charge in [0, 0.05) is 17.7 Å². The first-order chi connectivity index (χ1) is 16.5. The third kappa shape index (κ3) is 5.70. The van der Waals surface area contributed by atoms with Crippen LogP contribution in [0, 0.1) is 24.4 Å². The summed E-state index contributed by atoms with van der Waals surface area (Å²) in [6.07, 6.45) is 3.08. The van der Waals surface area contributed by atoms with E-state index in [2.05, 4.69) is 0 Å². The molecule has 1 saturated carbocycles. The molecule has 0 saturated heterocycles. The number of benzene rings is 3. The highest BCUT2D eigenvalue weighted by atomic mass is 19.2. The van der Waals surface area contributed by atoms with Crippen LogP contribution in [0.5, 0.6) is 0 Å². The van der Waals surface area contributed by atoms with Crippen LogP contribution in [-0.4, -0.2) is 12.7 Å². The van der Waals surface area contributed by atoms with Gasteiger partial charge in [-0.05, 0) is 68.2 Å². The van der Waals surface area contributed by atoms with E-state index in [4.69, 9.17) is 9.47 Å². The van der Waals surface area contributed by atoms with Crippen molar-refractivity contribution < 1.29 is 22.6 Å². The molecule has 2 nitrogen and oxygen atoms in total. The zero-order valence-corrected chi connectivity index (χ0v) is 19.8. The number of rotatable bonds is 8. The molecule has 4 rings (SSSR count). The summed E-state index contributed by atoms with van der Waals surface area (Å²) in [4.78, 5) is 0. The third-order valence-corrected chi connectivity index (χ3v) is 6.65. The number of aryl methyl sites for hydroxylation is 1. The molecular weight excluding hydrogens is 437 g/mol. The van der Waals surface area contributed by atoms with Crippen LogP contribution in [0.1, 0.15) is 60.8 Å². The van der Waals surface area contributed by atoms with Crippen LogP contribution in [-0.2, 0) is 22.7 Å². The minimum Gasteiger partial charge on any atom is -0.377 e. The van der Waals surface area contributed by atoms with Gasteiger partial charge in [0.2, 0.25) is 0 Å². The molecule has 3 aromatic carbocycles. The largest absolute Gasteiger partial charge is 0.377 e. The van der Waals surface area contributed by atoms with E-state index in [0.717, 1.165) is 42.4 Å². The van der Waals surface area contributed by atoms with Crippen LogP contribution in [0.2, 0.25) is 0 Å². The third-order valence-electron chi connectivity index (χ3n) is 6.65. The molecule has 1 aliphatic rings. The Morgan fingerprint density at radius 2 is 1.56 bits per heavy atom. The summed E-state index contributed by atoms with van der Waals surface area (Å²) in [5.74, 6) is -1.75. The predicted molar refractivity (Wildman–Crippen MR) is 128 cm³/mol. The molecule has 34 heavy (non-hydrogen) atoms. The highest BCUT2D eigenvalue weighted by Gasteiger charge is 2.25. The second-order valence-electron chi connectivity index (χ2n) is 9.04. The molecule has 0 N–H and O–H groups in total. The molecule has 1 aliphatic carbocycles.